The minimum absolute atomic E-state index is 0.0490. The van der Waals surface area contributed by atoms with Gasteiger partial charge in [-0.25, -0.2) is 8.42 Å². The Kier molecular flexibility index (Phi) is 7.36. The molecule has 36 heavy (non-hydrogen) atoms. The van der Waals surface area contributed by atoms with Crippen LogP contribution in [0.4, 0.5) is 18.9 Å². The summed E-state index contributed by atoms with van der Waals surface area (Å²) in [5.74, 6) is -0.151. The molecule has 6 nitrogen and oxygen atoms in total. The van der Waals surface area contributed by atoms with Crippen molar-refractivity contribution in [2.24, 2.45) is 5.92 Å². The summed E-state index contributed by atoms with van der Waals surface area (Å²) >= 11 is 0. The van der Waals surface area contributed by atoms with Gasteiger partial charge in [0.2, 0.25) is 0 Å². The van der Waals surface area contributed by atoms with E-state index >= 15 is 0 Å². The first kappa shape index (κ1) is 26.1. The molecule has 4 rings (SSSR count). The Morgan fingerprint density at radius 3 is 2.56 bits per heavy atom. The molecular formula is C26H28F3NO5S. The van der Waals surface area contributed by atoms with Gasteiger partial charge in [-0.15, -0.1) is 0 Å². The van der Waals surface area contributed by atoms with Gasteiger partial charge in [0.15, 0.2) is 0 Å². The Bertz CT molecular complexity index is 1260. The molecule has 10 heteroatoms. The molecule has 1 N–H and O–H groups in total. The number of sulfonamides is 1. The summed E-state index contributed by atoms with van der Waals surface area (Å²) in [6.07, 6.45) is 0.456. The summed E-state index contributed by atoms with van der Waals surface area (Å²) in [4.78, 5) is 10.6. The number of alkyl halides is 3. The summed E-state index contributed by atoms with van der Waals surface area (Å²) in [6, 6.07) is 8.72. The predicted molar refractivity (Wildman–Crippen MR) is 129 cm³/mol. The Hall–Kier alpha value is -3.01. The lowest BCUT2D eigenvalue weighted by molar-refractivity contribution is -0.138. The first-order valence-corrected chi connectivity index (χ1v) is 13.3. The SMILES string of the molecule is CC1CCC(=Cc2ccc3c(c2)N(S(=O)(=O)c2cccc(C(F)(F)F)c2)CC(CCC(=O)O)O3)CC1. The third kappa shape index (κ3) is 5.86. The van der Waals surface area contributed by atoms with E-state index in [9.17, 15) is 26.4 Å². The normalized spacial score (nSPS) is 20.4. The first-order valence-electron chi connectivity index (χ1n) is 11.9. The third-order valence-electron chi connectivity index (χ3n) is 6.63. The number of halogens is 3. The molecule has 2 aromatic rings. The number of carboxylic acid groups (broad SMARTS) is 1. The second-order valence-electron chi connectivity index (χ2n) is 9.45. The van der Waals surface area contributed by atoms with Crippen molar-refractivity contribution in [2.75, 3.05) is 10.8 Å². The van der Waals surface area contributed by atoms with Gasteiger partial charge in [-0.05, 0) is 73.9 Å². The van der Waals surface area contributed by atoms with E-state index in [2.05, 4.69) is 6.92 Å². The number of fused-ring (bicyclic) bond motifs is 1. The van der Waals surface area contributed by atoms with Crippen molar-refractivity contribution in [3.63, 3.8) is 0 Å². The molecule has 1 atom stereocenters. The molecule has 0 radical (unpaired) electrons. The fourth-order valence-corrected chi connectivity index (χ4v) is 6.10. The molecule has 2 aromatic carbocycles. The fraction of sp³-hybridized carbons (Fsp3) is 0.423. The number of hydrogen-bond donors (Lipinski definition) is 1. The first-order chi connectivity index (χ1) is 16.9. The van der Waals surface area contributed by atoms with Crippen molar-refractivity contribution in [3.8, 4) is 5.75 Å². The van der Waals surface area contributed by atoms with Crippen LogP contribution in [0.2, 0.25) is 0 Å². The number of anilines is 1. The topological polar surface area (TPSA) is 83.9 Å². The van der Waals surface area contributed by atoms with Crippen LogP contribution in [0, 0.1) is 5.92 Å². The highest BCUT2D eigenvalue weighted by Gasteiger charge is 2.37. The molecule has 1 fully saturated rings. The molecule has 0 aromatic heterocycles. The van der Waals surface area contributed by atoms with Crippen LogP contribution < -0.4 is 9.04 Å². The second-order valence-corrected chi connectivity index (χ2v) is 11.3. The molecule has 0 amide bonds. The molecule has 1 aliphatic carbocycles. The van der Waals surface area contributed by atoms with E-state index in [1.165, 1.54) is 5.57 Å². The van der Waals surface area contributed by atoms with Crippen molar-refractivity contribution in [3.05, 3.63) is 59.2 Å². The zero-order valence-electron chi connectivity index (χ0n) is 19.8. The molecule has 1 heterocycles. The average Bonchev–Trinajstić information content (AvgIpc) is 2.83. The minimum Gasteiger partial charge on any atom is -0.486 e. The van der Waals surface area contributed by atoms with E-state index in [1.54, 1.807) is 18.2 Å². The minimum atomic E-state index is -4.70. The third-order valence-corrected chi connectivity index (χ3v) is 8.41. The zero-order valence-corrected chi connectivity index (χ0v) is 20.6. The van der Waals surface area contributed by atoms with E-state index in [0.29, 0.717) is 12.0 Å². The Balaban J connectivity index is 1.74. The van der Waals surface area contributed by atoms with E-state index < -0.39 is 38.7 Å². The van der Waals surface area contributed by atoms with Crippen LogP contribution in [0.1, 0.15) is 56.6 Å². The van der Waals surface area contributed by atoms with Crippen LogP contribution in [0.25, 0.3) is 6.08 Å². The van der Waals surface area contributed by atoms with Gasteiger partial charge in [0.1, 0.15) is 11.9 Å². The molecule has 1 aliphatic heterocycles. The smallest absolute Gasteiger partial charge is 0.416 e. The van der Waals surface area contributed by atoms with Gasteiger partial charge < -0.3 is 9.84 Å². The number of nitrogens with zero attached hydrogens (tertiary/aromatic N) is 1. The number of aliphatic carboxylic acids is 1. The van der Waals surface area contributed by atoms with E-state index in [0.717, 1.165) is 53.8 Å². The van der Waals surface area contributed by atoms with Crippen LogP contribution in [0.15, 0.2) is 52.9 Å². The molecular weight excluding hydrogens is 495 g/mol. The van der Waals surface area contributed by atoms with Crippen LogP contribution in [-0.2, 0) is 21.0 Å². The van der Waals surface area contributed by atoms with Gasteiger partial charge in [0.05, 0.1) is 22.7 Å². The van der Waals surface area contributed by atoms with Crippen molar-refractivity contribution in [2.45, 2.75) is 62.6 Å². The summed E-state index contributed by atoms with van der Waals surface area (Å²) in [5, 5.41) is 9.06. The maximum absolute atomic E-state index is 13.6. The predicted octanol–water partition coefficient (Wildman–Crippen LogP) is 6.12. The summed E-state index contributed by atoms with van der Waals surface area (Å²) in [7, 11) is -4.40. The summed E-state index contributed by atoms with van der Waals surface area (Å²) in [6.45, 7) is 2.00. The van der Waals surface area contributed by atoms with E-state index in [1.807, 2.05) is 6.08 Å². The monoisotopic (exact) mass is 523 g/mol. The van der Waals surface area contributed by atoms with Gasteiger partial charge in [0.25, 0.3) is 10.0 Å². The highest BCUT2D eigenvalue weighted by Crippen LogP contribution is 2.40. The van der Waals surface area contributed by atoms with Crippen LogP contribution in [-0.4, -0.2) is 32.1 Å². The number of ether oxygens (including phenoxy) is 1. The number of rotatable bonds is 6. The number of hydrogen-bond acceptors (Lipinski definition) is 4. The number of carbonyl (C=O) groups is 1. The zero-order chi connectivity index (χ0) is 26.1. The lowest BCUT2D eigenvalue weighted by Crippen LogP contribution is -2.43. The standard InChI is InChI=1S/C26H28F3NO5S/c1-17-5-7-18(8-6-17)13-19-9-11-24-23(14-19)30(16-21(35-24)10-12-25(31)32)36(33,34)22-4-2-3-20(15-22)26(27,28)29/h2-4,9,11,13-15,17,21H,5-8,10,12,16H2,1H3,(H,31,32). The Morgan fingerprint density at radius 2 is 1.89 bits per heavy atom. The summed E-state index contributed by atoms with van der Waals surface area (Å²) in [5.41, 5.74) is 1.19. The molecule has 0 saturated heterocycles. The van der Waals surface area contributed by atoms with Gasteiger partial charge >= 0.3 is 12.1 Å². The summed E-state index contributed by atoms with van der Waals surface area (Å²) < 4.78 is 74.0. The van der Waals surface area contributed by atoms with Crippen LogP contribution in [0.3, 0.4) is 0 Å². The van der Waals surface area contributed by atoms with Crippen molar-refractivity contribution >= 4 is 27.8 Å². The van der Waals surface area contributed by atoms with Crippen molar-refractivity contribution in [1.29, 1.82) is 0 Å². The van der Waals surface area contributed by atoms with Crippen LogP contribution >= 0.6 is 0 Å². The van der Waals surface area contributed by atoms with Gasteiger partial charge in [-0.2, -0.15) is 13.2 Å². The quantitative estimate of drug-likeness (QED) is 0.493. The molecule has 1 unspecified atom stereocenters. The number of benzene rings is 2. The van der Waals surface area contributed by atoms with E-state index in [-0.39, 0.29) is 30.8 Å². The van der Waals surface area contributed by atoms with Crippen molar-refractivity contribution in [1.82, 2.24) is 0 Å². The van der Waals surface area contributed by atoms with E-state index in [4.69, 9.17) is 9.84 Å². The average molecular weight is 524 g/mol. The highest BCUT2D eigenvalue weighted by atomic mass is 32.2. The lowest BCUT2D eigenvalue weighted by atomic mass is 9.86. The van der Waals surface area contributed by atoms with Gasteiger partial charge in [0, 0.05) is 6.42 Å². The van der Waals surface area contributed by atoms with Gasteiger partial charge in [-0.3, -0.25) is 9.10 Å². The Labute approximate surface area is 208 Å². The molecule has 1 saturated carbocycles. The van der Waals surface area contributed by atoms with Crippen molar-refractivity contribution < 1.29 is 36.2 Å². The highest BCUT2D eigenvalue weighted by molar-refractivity contribution is 7.92. The number of allylic oxidation sites excluding steroid dienone is 1. The second kappa shape index (κ2) is 10.2. The molecule has 0 spiro atoms. The van der Waals surface area contributed by atoms with Crippen LogP contribution in [0.5, 0.6) is 5.75 Å². The molecule has 2 aliphatic rings. The Morgan fingerprint density at radius 1 is 1.17 bits per heavy atom. The molecule has 0 bridgehead atoms. The molecule has 194 valence electrons. The lowest BCUT2D eigenvalue weighted by Gasteiger charge is -2.35. The largest absolute Gasteiger partial charge is 0.486 e. The maximum atomic E-state index is 13.6. The number of carboxylic acids is 1. The fourth-order valence-electron chi connectivity index (χ4n) is 4.55. The van der Waals surface area contributed by atoms with Gasteiger partial charge in [-0.1, -0.05) is 30.7 Å². The maximum Gasteiger partial charge on any atom is 0.416 e.